The molecule has 2 nitrogen and oxygen atoms in total. The molecule has 0 amide bonds. The highest BCUT2D eigenvalue weighted by Gasteiger charge is 2.11. The van der Waals surface area contributed by atoms with Crippen LogP contribution < -0.4 is 5.73 Å². The molecular weight excluding hydrogens is 288 g/mol. The van der Waals surface area contributed by atoms with Crippen LogP contribution in [0.5, 0.6) is 0 Å². The lowest BCUT2D eigenvalue weighted by Crippen LogP contribution is -2.24. The molecule has 1 unspecified atom stereocenters. The Kier molecular flexibility index (Phi) is 4.36. The molecule has 0 saturated heterocycles. The maximum Gasteiger partial charge on any atom is 0.0745 e. The monoisotopic (exact) mass is 306 g/mol. The molecule has 0 aliphatic rings. The van der Waals surface area contributed by atoms with Crippen LogP contribution in [0.15, 0.2) is 34.9 Å². The number of halogens is 1. The van der Waals surface area contributed by atoms with Gasteiger partial charge in [0.15, 0.2) is 0 Å². The highest BCUT2D eigenvalue weighted by molar-refractivity contribution is 9.10. The molecular formula is C15H19BrN2. The number of hydrogen-bond acceptors (Lipinski definition) is 2. The van der Waals surface area contributed by atoms with E-state index in [1.54, 1.807) is 0 Å². The minimum Gasteiger partial charge on any atom is -0.327 e. The summed E-state index contributed by atoms with van der Waals surface area (Å²) in [6.45, 7) is 4.41. The SMILES string of the molecule is CC(C)CC(N)Cc1ccc(Br)c2cccnc12. The van der Waals surface area contributed by atoms with Gasteiger partial charge in [-0.2, -0.15) is 0 Å². The van der Waals surface area contributed by atoms with Crippen molar-refractivity contribution in [2.45, 2.75) is 32.7 Å². The highest BCUT2D eigenvalue weighted by Crippen LogP contribution is 2.26. The van der Waals surface area contributed by atoms with Crippen LogP contribution >= 0.6 is 15.9 Å². The van der Waals surface area contributed by atoms with E-state index in [4.69, 9.17) is 5.73 Å². The van der Waals surface area contributed by atoms with Crippen LogP contribution in [0, 0.1) is 5.92 Å². The van der Waals surface area contributed by atoms with Gasteiger partial charge in [0.2, 0.25) is 0 Å². The van der Waals surface area contributed by atoms with Crippen LogP contribution in [0.2, 0.25) is 0 Å². The lowest BCUT2D eigenvalue weighted by Gasteiger charge is -2.15. The molecule has 0 fully saturated rings. The molecule has 1 aromatic carbocycles. The summed E-state index contributed by atoms with van der Waals surface area (Å²) in [6, 6.07) is 8.46. The molecule has 0 radical (unpaired) electrons. The maximum absolute atomic E-state index is 6.20. The van der Waals surface area contributed by atoms with Crippen molar-refractivity contribution in [1.82, 2.24) is 4.98 Å². The van der Waals surface area contributed by atoms with Gasteiger partial charge in [-0.3, -0.25) is 4.98 Å². The summed E-state index contributed by atoms with van der Waals surface area (Å²) >= 11 is 3.57. The second-order valence-corrected chi connectivity index (χ2v) is 6.05. The van der Waals surface area contributed by atoms with E-state index in [2.05, 4.69) is 53.0 Å². The average molecular weight is 307 g/mol. The molecule has 0 spiro atoms. The second-order valence-electron chi connectivity index (χ2n) is 5.20. The van der Waals surface area contributed by atoms with E-state index in [0.29, 0.717) is 5.92 Å². The Balaban J connectivity index is 2.31. The van der Waals surface area contributed by atoms with Crippen LogP contribution in [-0.2, 0) is 6.42 Å². The van der Waals surface area contributed by atoms with Crippen molar-refractivity contribution >= 4 is 26.8 Å². The Morgan fingerprint density at radius 1 is 1.28 bits per heavy atom. The fourth-order valence-electron chi connectivity index (χ4n) is 2.33. The number of rotatable bonds is 4. The van der Waals surface area contributed by atoms with Gasteiger partial charge in [0.25, 0.3) is 0 Å². The lowest BCUT2D eigenvalue weighted by molar-refractivity contribution is 0.494. The van der Waals surface area contributed by atoms with E-state index in [-0.39, 0.29) is 6.04 Å². The van der Waals surface area contributed by atoms with E-state index >= 15 is 0 Å². The Hall–Kier alpha value is -0.930. The second kappa shape index (κ2) is 5.81. The smallest absolute Gasteiger partial charge is 0.0745 e. The van der Waals surface area contributed by atoms with Crippen LogP contribution in [0.25, 0.3) is 10.9 Å². The zero-order valence-electron chi connectivity index (χ0n) is 10.9. The number of hydrogen-bond donors (Lipinski definition) is 1. The van der Waals surface area contributed by atoms with E-state index in [0.717, 1.165) is 28.2 Å². The Labute approximate surface area is 117 Å². The summed E-state index contributed by atoms with van der Waals surface area (Å²) in [7, 11) is 0. The van der Waals surface area contributed by atoms with Crippen LogP contribution in [0.3, 0.4) is 0 Å². The lowest BCUT2D eigenvalue weighted by atomic mass is 9.96. The Morgan fingerprint density at radius 2 is 2.06 bits per heavy atom. The standard InChI is InChI=1S/C15H19BrN2/c1-10(2)8-12(17)9-11-5-6-14(16)13-4-3-7-18-15(11)13/h3-7,10,12H,8-9,17H2,1-2H3. The normalized spacial score (nSPS) is 13.2. The zero-order chi connectivity index (χ0) is 13.1. The van der Waals surface area contributed by atoms with Crippen molar-refractivity contribution in [2.75, 3.05) is 0 Å². The third kappa shape index (κ3) is 3.09. The summed E-state index contributed by atoms with van der Waals surface area (Å²) in [4.78, 5) is 4.49. The van der Waals surface area contributed by atoms with E-state index < -0.39 is 0 Å². The van der Waals surface area contributed by atoms with Gasteiger partial charge < -0.3 is 5.73 Å². The summed E-state index contributed by atoms with van der Waals surface area (Å²) in [5, 5.41) is 1.16. The van der Waals surface area contributed by atoms with E-state index in [1.807, 2.05) is 12.3 Å². The Morgan fingerprint density at radius 3 is 2.78 bits per heavy atom. The van der Waals surface area contributed by atoms with Gasteiger partial charge in [0.05, 0.1) is 5.52 Å². The van der Waals surface area contributed by atoms with Gasteiger partial charge >= 0.3 is 0 Å². The predicted molar refractivity (Wildman–Crippen MR) is 80.6 cm³/mol. The summed E-state index contributed by atoms with van der Waals surface area (Å²) in [6.07, 6.45) is 3.77. The molecule has 3 heteroatoms. The molecule has 96 valence electrons. The molecule has 1 heterocycles. The average Bonchev–Trinajstić information content (AvgIpc) is 2.32. The quantitative estimate of drug-likeness (QED) is 0.930. The van der Waals surface area contributed by atoms with E-state index in [9.17, 15) is 0 Å². The molecule has 0 bridgehead atoms. The molecule has 1 atom stereocenters. The van der Waals surface area contributed by atoms with Gasteiger partial charge in [0.1, 0.15) is 0 Å². The molecule has 0 aliphatic heterocycles. The van der Waals surface area contributed by atoms with Crippen LogP contribution in [-0.4, -0.2) is 11.0 Å². The largest absolute Gasteiger partial charge is 0.327 e. The van der Waals surface area contributed by atoms with Gasteiger partial charge in [0, 0.05) is 22.1 Å². The van der Waals surface area contributed by atoms with Gasteiger partial charge in [-0.1, -0.05) is 41.9 Å². The number of benzene rings is 1. The third-order valence-corrected chi connectivity index (χ3v) is 3.75. The molecule has 0 saturated carbocycles. The number of nitrogens with two attached hydrogens (primary N) is 1. The topological polar surface area (TPSA) is 38.9 Å². The fourth-order valence-corrected chi connectivity index (χ4v) is 2.78. The first-order valence-corrected chi connectivity index (χ1v) is 7.15. The number of aromatic nitrogens is 1. The first-order valence-electron chi connectivity index (χ1n) is 6.35. The van der Waals surface area contributed by atoms with Crippen molar-refractivity contribution in [1.29, 1.82) is 0 Å². The first-order chi connectivity index (χ1) is 8.58. The minimum absolute atomic E-state index is 0.205. The van der Waals surface area contributed by atoms with Crippen LogP contribution in [0.1, 0.15) is 25.8 Å². The number of fused-ring (bicyclic) bond motifs is 1. The molecule has 2 aromatic rings. The summed E-state index contributed by atoms with van der Waals surface area (Å²) in [5.74, 6) is 0.634. The van der Waals surface area contributed by atoms with Crippen molar-refractivity contribution in [3.63, 3.8) is 0 Å². The van der Waals surface area contributed by atoms with Gasteiger partial charge in [-0.15, -0.1) is 0 Å². The van der Waals surface area contributed by atoms with Gasteiger partial charge in [-0.05, 0) is 36.5 Å². The molecule has 2 rings (SSSR count). The third-order valence-electron chi connectivity index (χ3n) is 3.06. The van der Waals surface area contributed by atoms with Gasteiger partial charge in [-0.25, -0.2) is 0 Å². The molecule has 2 N–H and O–H groups in total. The summed E-state index contributed by atoms with van der Waals surface area (Å²) < 4.78 is 1.09. The molecule has 1 aromatic heterocycles. The fraction of sp³-hybridized carbons (Fsp3) is 0.400. The highest BCUT2D eigenvalue weighted by atomic mass is 79.9. The number of nitrogens with zero attached hydrogens (tertiary/aromatic N) is 1. The van der Waals surface area contributed by atoms with Crippen molar-refractivity contribution < 1.29 is 0 Å². The molecule has 18 heavy (non-hydrogen) atoms. The maximum atomic E-state index is 6.20. The predicted octanol–water partition coefficient (Wildman–Crippen LogP) is 3.91. The summed E-state index contributed by atoms with van der Waals surface area (Å²) in [5.41, 5.74) is 8.50. The van der Waals surface area contributed by atoms with Crippen molar-refractivity contribution in [2.24, 2.45) is 11.7 Å². The van der Waals surface area contributed by atoms with Crippen molar-refractivity contribution in [3.05, 3.63) is 40.5 Å². The zero-order valence-corrected chi connectivity index (χ0v) is 12.4. The first kappa shape index (κ1) is 13.5. The number of pyridine rings is 1. The molecule has 0 aliphatic carbocycles. The minimum atomic E-state index is 0.205. The van der Waals surface area contributed by atoms with E-state index in [1.165, 1.54) is 5.56 Å². The Bertz CT molecular complexity index is 537. The van der Waals surface area contributed by atoms with Crippen LogP contribution in [0.4, 0.5) is 0 Å². The van der Waals surface area contributed by atoms with Crippen molar-refractivity contribution in [3.8, 4) is 0 Å².